The lowest BCUT2D eigenvalue weighted by molar-refractivity contribution is -0.173. The summed E-state index contributed by atoms with van der Waals surface area (Å²) in [4.78, 5) is 173. The van der Waals surface area contributed by atoms with Crippen molar-refractivity contribution in [2.24, 2.45) is 39.4 Å². The van der Waals surface area contributed by atoms with Crippen LogP contribution >= 0.6 is 0 Å². The second-order valence-electron chi connectivity index (χ2n) is 20.4. The van der Waals surface area contributed by atoms with Gasteiger partial charge in [0, 0.05) is 26.1 Å². The first-order valence-corrected chi connectivity index (χ1v) is 28.2. The van der Waals surface area contributed by atoms with Gasteiger partial charge >= 0.3 is 18.1 Å². The number of aliphatic imine (C=N–C) groups is 1. The molecular formula is C50H87F3N18O16. The maximum atomic E-state index is 14.1. The SMILES string of the molecule is C[C@H](NC(=O)[C@H](CCCCNC(=O)C(F)(F)F)NC(=O)CNC(=O)CNC(=O)[C@@H](NC(=O)[C@H](CO)NC(=O)[C@@H](N)CCCCN)[C@@H](C)O)C(=O)N1CCC[C@H]1C(=O)N[C@@H](CCCN=C(N)N)C(=O)N[C@@H](CCCCN)C(=O)N[C@@H](CCC(N)=O)C(=O)O. The molecule has 0 aromatic heterocycles. The fraction of sp³-hybridized carbons (Fsp3) is 0.720. The van der Waals surface area contributed by atoms with Crippen LogP contribution in [0.2, 0.25) is 0 Å². The van der Waals surface area contributed by atoms with Gasteiger partial charge in [-0.25, -0.2) is 4.79 Å². The number of aliphatic carboxylic acids is 1. The van der Waals surface area contributed by atoms with Gasteiger partial charge in [-0.1, -0.05) is 6.42 Å². The summed E-state index contributed by atoms with van der Waals surface area (Å²) in [7, 11) is 0. The Morgan fingerprint density at radius 3 is 1.70 bits per heavy atom. The van der Waals surface area contributed by atoms with Gasteiger partial charge < -0.3 is 108 Å². The second-order valence-corrected chi connectivity index (χ2v) is 20.4. The maximum Gasteiger partial charge on any atom is 0.471 e. The first-order valence-electron chi connectivity index (χ1n) is 28.2. The third-order valence-corrected chi connectivity index (χ3v) is 13.2. The van der Waals surface area contributed by atoms with E-state index in [1.54, 1.807) is 5.32 Å². The number of halogens is 3. The highest BCUT2D eigenvalue weighted by atomic mass is 19.4. The van der Waals surface area contributed by atoms with Crippen LogP contribution in [0.25, 0.3) is 0 Å². The van der Waals surface area contributed by atoms with Crippen LogP contribution in [0.15, 0.2) is 4.99 Å². The number of guanidine groups is 1. The Hall–Kier alpha value is -8.03. The lowest BCUT2D eigenvalue weighted by Gasteiger charge is -2.30. The van der Waals surface area contributed by atoms with E-state index >= 15 is 0 Å². The third-order valence-electron chi connectivity index (χ3n) is 13.2. The van der Waals surface area contributed by atoms with Gasteiger partial charge in [-0.2, -0.15) is 13.2 Å². The van der Waals surface area contributed by atoms with Crippen LogP contribution in [0.3, 0.4) is 0 Å². The molecule has 34 nitrogen and oxygen atoms in total. The number of hydrogen-bond acceptors (Lipinski definition) is 19. The van der Waals surface area contributed by atoms with Crippen LogP contribution in [0.4, 0.5) is 13.2 Å². The van der Waals surface area contributed by atoms with Crippen molar-refractivity contribution in [1.82, 2.24) is 58.1 Å². The lowest BCUT2D eigenvalue weighted by Crippen LogP contribution is -2.59. The average molecular weight is 1250 g/mol. The van der Waals surface area contributed by atoms with Gasteiger partial charge in [-0.15, -0.1) is 0 Å². The molecule has 0 unspecified atom stereocenters. The molecular weight excluding hydrogens is 1170 g/mol. The number of alkyl halides is 3. The highest BCUT2D eigenvalue weighted by molar-refractivity contribution is 5.98. The summed E-state index contributed by atoms with van der Waals surface area (Å²) in [6, 6.07) is -13.0. The van der Waals surface area contributed by atoms with E-state index in [9.17, 15) is 90.8 Å². The van der Waals surface area contributed by atoms with Crippen molar-refractivity contribution >= 4 is 82.8 Å². The molecule has 0 spiro atoms. The number of unbranched alkanes of at least 4 members (excludes halogenated alkanes) is 3. The van der Waals surface area contributed by atoms with Crippen molar-refractivity contribution in [3.63, 3.8) is 0 Å². The van der Waals surface area contributed by atoms with Crippen LogP contribution < -0.4 is 87.6 Å². The molecule has 25 N–H and O–H groups in total. The van der Waals surface area contributed by atoms with Gasteiger partial charge in [-0.05, 0) is 110 Å². The maximum absolute atomic E-state index is 14.1. The van der Waals surface area contributed by atoms with Crippen molar-refractivity contribution < 1.29 is 90.8 Å². The molecule has 0 aliphatic carbocycles. The molecule has 10 atom stereocenters. The number of aliphatic hydroxyl groups is 2. The van der Waals surface area contributed by atoms with E-state index in [1.807, 2.05) is 0 Å². The van der Waals surface area contributed by atoms with Gasteiger partial charge in [0.1, 0.15) is 48.3 Å². The first kappa shape index (κ1) is 77.0. The number of nitrogens with zero attached hydrogens (tertiary/aromatic N) is 2. The smallest absolute Gasteiger partial charge is 0.471 e. The van der Waals surface area contributed by atoms with Crippen molar-refractivity contribution in [1.29, 1.82) is 0 Å². The van der Waals surface area contributed by atoms with E-state index < -0.39 is 170 Å². The average Bonchev–Trinajstić information content (AvgIpc) is 2.58. The zero-order chi connectivity index (χ0) is 66.0. The van der Waals surface area contributed by atoms with Crippen LogP contribution in [-0.4, -0.2) is 222 Å². The molecule has 0 aromatic carbocycles. The summed E-state index contributed by atoms with van der Waals surface area (Å²) < 4.78 is 38.4. The van der Waals surface area contributed by atoms with Crippen LogP contribution in [0.1, 0.15) is 110 Å². The summed E-state index contributed by atoms with van der Waals surface area (Å²) in [6.45, 7) is -0.279. The van der Waals surface area contributed by atoms with Gasteiger partial charge in [-0.3, -0.25) is 62.5 Å². The molecule has 1 aliphatic rings. The number of carbonyl (C=O) groups excluding carboxylic acids is 12. The fourth-order valence-corrected chi connectivity index (χ4v) is 8.40. The molecule has 0 aromatic rings. The summed E-state index contributed by atoms with van der Waals surface area (Å²) in [5.41, 5.74) is 33.0. The topological polar surface area (TPSA) is 575 Å². The molecule has 87 heavy (non-hydrogen) atoms. The zero-order valence-corrected chi connectivity index (χ0v) is 48.7. The molecule has 1 heterocycles. The van der Waals surface area contributed by atoms with Gasteiger partial charge in [0.25, 0.3) is 0 Å². The highest BCUT2D eigenvalue weighted by Crippen LogP contribution is 2.20. The Bertz CT molecular complexity index is 2370. The Kier molecular flexibility index (Phi) is 35.7. The van der Waals surface area contributed by atoms with Crippen LogP contribution in [-0.2, 0) is 62.3 Å². The normalized spacial score (nSPS) is 16.0. The zero-order valence-electron chi connectivity index (χ0n) is 48.7. The van der Waals surface area contributed by atoms with Crippen LogP contribution in [0, 0.1) is 0 Å². The van der Waals surface area contributed by atoms with Crippen molar-refractivity contribution in [3.8, 4) is 0 Å². The number of nitrogens with two attached hydrogens (primary N) is 6. The molecule has 1 rings (SSSR count). The second kappa shape index (κ2) is 40.4. The van der Waals surface area contributed by atoms with Crippen molar-refractivity contribution in [2.75, 3.05) is 52.4 Å². The molecule has 1 saturated heterocycles. The Morgan fingerprint density at radius 2 is 1.14 bits per heavy atom. The highest BCUT2D eigenvalue weighted by Gasteiger charge is 2.40. The number of hydrogen-bond donors (Lipinski definition) is 19. The number of carbonyl (C=O) groups is 13. The molecule has 494 valence electrons. The van der Waals surface area contributed by atoms with Gasteiger partial charge in [0.2, 0.25) is 65.0 Å². The lowest BCUT2D eigenvalue weighted by atomic mass is 10.0. The standard InChI is InChI=1S/C50H87F3N18O16/c1-26(46(84)71-22-10-15-34(71)44(82)67-31(14-9-21-61-49(58)59)41(79)66-30(12-4-7-19-55)42(80)68-32(47(85)86)16-17-35(57)74)64-40(78)29(13-5-8-20-60-48(87)50(51,52)53)65-37(76)24-62-36(75)23-63-45(83)38(27(2)73)70-43(81)33(25-72)69-39(77)28(56)11-3-6-18-54/h26-34,38,72-73H,3-25,54-56H2,1-2H3,(H2,57,74)(H,60,87)(H,62,75)(H,63,83)(H,64,78)(H,65,76)(H,66,79)(H,67,82)(H,68,80)(H,69,77)(H,70,81)(H,85,86)(H4,58,59,61)/t26-,27+,28-,29-,30-,31-,32-,33-,34-,38-/m0/s1. The van der Waals surface area contributed by atoms with E-state index in [-0.39, 0.29) is 103 Å². The Balaban J connectivity index is 3.24. The van der Waals surface area contributed by atoms with Crippen molar-refractivity contribution in [2.45, 2.75) is 177 Å². The predicted octanol–water partition coefficient (Wildman–Crippen LogP) is -8.17. The largest absolute Gasteiger partial charge is 0.480 e. The molecule has 37 heteroatoms. The van der Waals surface area contributed by atoms with Gasteiger partial charge in [0.05, 0.1) is 31.8 Å². The molecule has 0 saturated carbocycles. The minimum absolute atomic E-state index is 0.0127. The number of aliphatic hydroxyl groups excluding tert-OH is 2. The molecule has 0 radical (unpaired) electrons. The van der Waals surface area contributed by atoms with Crippen LogP contribution in [0.5, 0.6) is 0 Å². The number of rotatable bonds is 42. The minimum atomic E-state index is -5.19. The fourth-order valence-electron chi connectivity index (χ4n) is 8.40. The number of carboxylic acids is 1. The summed E-state index contributed by atoms with van der Waals surface area (Å²) in [5.74, 6) is -14.4. The number of primary amides is 1. The van der Waals surface area contributed by atoms with E-state index in [0.717, 1.165) is 11.8 Å². The third kappa shape index (κ3) is 30.2. The quantitative estimate of drug-likeness (QED) is 0.0153. The summed E-state index contributed by atoms with van der Waals surface area (Å²) >= 11 is 0. The minimum Gasteiger partial charge on any atom is -0.480 e. The predicted molar refractivity (Wildman–Crippen MR) is 301 cm³/mol. The summed E-state index contributed by atoms with van der Waals surface area (Å²) in [6.07, 6.45) is -5.88. The summed E-state index contributed by atoms with van der Waals surface area (Å²) in [5, 5.41) is 52.3. The van der Waals surface area contributed by atoms with Gasteiger partial charge in [0.15, 0.2) is 5.96 Å². The van der Waals surface area contributed by atoms with Crippen molar-refractivity contribution in [3.05, 3.63) is 0 Å². The van der Waals surface area contributed by atoms with E-state index in [0.29, 0.717) is 25.8 Å². The Morgan fingerprint density at radius 1 is 0.609 bits per heavy atom. The molecule has 1 fully saturated rings. The monoisotopic (exact) mass is 1250 g/mol. The number of likely N-dealkylation sites (tertiary alicyclic amines) is 1. The molecule has 0 bridgehead atoms. The number of amides is 12. The first-order chi connectivity index (χ1) is 40.9. The number of nitrogens with one attached hydrogen (secondary N) is 10. The van der Waals surface area contributed by atoms with E-state index in [1.165, 1.54) is 6.92 Å². The molecule has 1 aliphatic heterocycles. The molecule has 12 amide bonds. The Labute approximate surface area is 499 Å². The number of carboxylic acid groups (broad SMARTS) is 1. The van der Waals surface area contributed by atoms with E-state index in [4.69, 9.17) is 34.4 Å². The van der Waals surface area contributed by atoms with E-state index in [2.05, 4.69) is 52.8 Å².